The molecule has 2 amide bonds. The number of amides is 2. The Balaban J connectivity index is 1.23. The third kappa shape index (κ3) is 11.1. The zero-order valence-corrected chi connectivity index (χ0v) is 31.6. The molecule has 2 fully saturated rings. The number of oxazole rings is 1. The van der Waals surface area contributed by atoms with Crippen molar-refractivity contribution in [3.63, 3.8) is 0 Å². The second-order valence-electron chi connectivity index (χ2n) is 14.9. The molecule has 0 radical (unpaired) electrons. The van der Waals surface area contributed by atoms with Gasteiger partial charge in [0.05, 0.1) is 6.10 Å². The number of likely N-dealkylation sites (tertiary alicyclic amines) is 1. The molecule has 4 aromatic rings. The molecular formula is C44H54N4O7. The van der Waals surface area contributed by atoms with E-state index in [0.717, 1.165) is 36.8 Å². The molecule has 0 unspecified atom stereocenters. The van der Waals surface area contributed by atoms with Crippen LogP contribution in [0.1, 0.15) is 92.4 Å². The van der Waals surface area contributed by atoms with Gasteiger partial charge in [0.2, 0.25) is 11.7 Å². The van der Waals surface area contributed by atoms with Gasteiger partial charge in [-0.25, -0.2) is 9.78 Å². The first-order valence-corrected chi connectivity index (χ1v) is 20.0. The minimum absolute atomic E-state index is 0.0320. The Morgan fingerprint density at radius 1 is 0.855 bits per heavy atom. The molecule has 1 aliphatic carbocycles. The second kappa shape index (κ2) is 20.2. The fourth-order valence-electron chi connectivity index (χ4n) is 7.88. The van der Waals surface area contributed by atoms with Crippen LogP contribution in [0.5, 0.6) is 0 Å². The number of nitrogens with zero attached hydrogens (tertiary/aromatic N) is 2. The number of nitrogens with two attached hydrogens (primary N) is 1. The summed E-state index contributed by atoms with van der Waals surface area (Å²) >= 11 is 0. The summed E-state index contributed by atoms with van der Waals surface area (Å²) in [6.07, 6.45) is 7.36. The molecule has 2 heterocycles. The second-order valence-corrected chi connectivity index (χ2v) is 14.9. The molecule has 3 aromatic carbocycles. The zero-order valence-electron chi connectivity index (χ0n) is 31.6. The van der Waals surface area contributed by atoms with E-state index in [2.05, 4.69) is 10.3 Å². The van der Waals surface area contributed by atoms with E-state index in [0.29, 0.717) is 68.7 Å². The van der Waals surface area contributed by atoms with E-state index in [1.54, 1.807) is 17.0 Å². The molecule has 0 spiro atoms. The molecule has 1 saturated heterocycles. The topological polar surface area (TPSA) is 154 Å². The molecule has 11 heteroatoms. The van der Waals surface area contributed by atoms with E-state index >= 15 is 0 Å². The van der Waals surface area contributed by atoms with Crippen molar-refractivity contribution < 1.29 is 33.1 Å². The number of rotatable bonds is 19. The van der Waals surface area contributed by atoms with Crippen molar-refractivity contribution in [2.24, 2.45) is 17.6 Å². The highest BCUT2D eigenvalue weighted by Gasteiger charge is 2.45. The Hall–Kier alpha value is -4.87. The molecule has 292 valence electrons. The third-order valence-corrected chi connectivity index (χ3v) is 10.9. The lowest BCUT2D eigenvalue weighted by Crippen LogP contribution is -2.54. The first-order chi connectivity index (χ1) is 26.9. The Morgan fingerprint density at radius 2 is 1.56 bits per heavy atom. The van der Waals surface area contributed by atoms with Crippen LogP contribution in [0.15, 0.2) is 89.3 Å². The van der Waals surface area contributed by atoms with Gasteiger partial charge in [-0.15, -0.1) is 0 Å². The summed E-state index contributed by atoms with van der Waals surface area (Å²) in [6.45, 7) is 1.31. The van der Waals surface area contributed by atoms with E-state index in [4.69, 9.17) is 19.6 Å². The SMILES string of the molecule is NCCCC[C@H](CC(=O)[C@@H]1[C@@H](OCC2CCCCC2)CCN1C(=O)[C@@H](CCc1ccccc1)NC(=O)OCc1ccccc1)C(=O)c1nc2ccccc2o1. The lowest BCUT2D eigenvalue weighted by Gasteiger charge is -2.32. The molecule has 55 heavy (non-hydrogen) atoms. The van der Waals surface area contributed by atoms with Crippen LogP contribution in [-0.4, -0.2) is 71.3 Å². The predicted octanol–water partition coefficient (Wildman–Crippen LogP) is 7.21. The molecule has 2 aliphatic rings. The Bertz CT molecular complexity index is 1810. The number of benzene rings is 3. The number of carbonyl (C=O) groups is 4. The number of aryl methyl sites for hydroxylation is 1. The Labute approximate surface area is 323 Å². The lowest BCUT2D eigenvalue weighted by atomic mass is 9.88. The molecule has 6 rings (SSSR count). The number of para-hydroxylation sites is 2. The summed E-state index contributed by atoms with van der Waals surface area (Å²) in [6, 6.07) is 24.4. The number of ketones is 2. The molecule has 1 aromatic heterocycles. The number of hydrogen-bond acceptors (Lipinski definition) is 9. The van der Waals surface area contributed by atoms with Crippen molar-refractivity contribution in [3.05, 3.63) is 102 Å². The maximum absolute atomic E-state index is 14.6. The van der Waals surface area contributed by atoms with Crippen LogP contribution in [0.25, 0.3) is 11.1 Å². The van der Waals surface area contributed by atoms with Crippen LogP contribution in [0.2, 0.25) is 0 Å². The van der Waals surface area contributed by atoms with Crippen molar-refractivity contribution in [1.29, 1.82) is 0 Å². The van der Waals surface area contributed by atoms with Crippen molar-refractivity contribution in [2.45, 2.75) is 102 Å². The van der Waals surface area contributed by atoms with Crippen LogP contribution in [-0.2, 0) is 32.1 Å². The summed E-state index contributed by atoms with van der Waals surface area (Å²) in [7, 11) is 0. The highest BCUT2D eigenvalue weighted by Crippen LogP contribution is 2.31. The summed E-state index contributed by atoms with van der Waals surface area (Å²) in [5, 5.41) is 2.83. The average Bonchev–Trinajstić information content (AvgIpc) is 3.86. The fraction of sp³-hybridized carbons (Fsp3) is 0.477. The minimum Gasteiger partial charge on any atom is -0.445 e. The third-order valence-electron chi connectivity index (χ3n) is 10.9. The number of aromatic nitrogens is 1. The van der Waals surface area contributed by atoms with Crippen molar-refractivity contribution in [2.75, 3.05) is 19.7 Å². The average molecular weight is 751 g/mol. The number of nitrogens with one attached hydrogen (secondary N) is 1. The Kier molecular flexibility index (Phi) is 14.6. The first-order valence-electron chi connectivity index (χ1n) is 20.0. The number of fused-ring (bicyclic) bond motifs is 1. The van der Waals surface area contributed by atoms with Gasteiger partial charge in [-0.3, -0.25) is 14.4 Å². The van der Waals surface area contributed by atoms with E-state index in [-0.39, 0.29) is 42.9 Å². The minimum atomic E-state index is -0.961. The van der Waals surface area contributed by atoms with Gasteiger partial charge in [0.25, 0.3) is 5.89 Å². The first kappa shape index (κ1) is 39.8. The summed E-state index contributed by atoms with van der Waals surface area (Å²) in [4.78, 5) is 62.5. The van der Waals surface area contributed by atoms with Gasteiger partial charge in [0.1, 0.15) is 24.2 Å². The van der Waals surface area contributed by atoms with Crippen molar-refractivity contribution in [3.8, 4) is 0 Å². The number of hydrogen-bond donors (Lipinski definition) is 2. The Morgan fingerprint density at radius 3 is 2.29 bits per heavy atom. The normalized spacial score (nSPS) is 18.5. The van der Waals surface area contributed by atoms with Gasteiger partial charge >= 0.3 is 6.09 Å². The quantitative estimate of drug-likeness (QED) is 0.0748. The van der Waals surface area contributed by atoms with Gasteiger partial charge in [-0.2, -0.15) is 0 Å². The standard InChI is InChI=1S/C44H54N4O7/c45-26-13-12-20-34(41(50)42-46-35-21-10-11-22-38(35)55-42)28-37(49)40-39(53-29-32-16-6-2-7-17-32)25-27-48(40)43(51)36(24-23-31-14-4-1-5-15-31)47-44(52)54-30-33-18-8-3-9-19-33/h1,3-5,8-11,14-15,18-19,21-22,32,34,36,39-40H,2,6-7,12-13,16-17,20,23-30,45H2,(H,47,52)/t34-,36-,39+,40-/m1/s1. The smallest absolute Gasteiger partial charge is 0.408 e. The van der Waals surface area contributed by atoms with Gasteiger partial charge in [-0.1, -0.05) is 98.5 Å². The molecule has 0 bridgehead atoms. The number of Topliss-reactive ketones (excluding diaryl/α,β-unsaturated/α-hetero) is 2. The maximum Gasteiger partial charge on any atom is 0.408 e. The van der Waals surface area contributed by atoms with E-state index in [1.165, 1.54) is 6.42 Å². The maximum atomic E-state index is 14.6. The van der Waals surface area contributed by atoms with Crippen LogP contribution >= 0.6 is 0 Å². The highest BCUT2D eigenvalue weighted by molar-refractivity contribution is 6.00. The molecule has 11 nitrogen and oxygen atoms in total. The molecular weight excluding hydrogens is 697 g/mol. The summed E-state index contributed by atoms with van der Waals surface area (Å²) in [5.41, 5.74) is 8.71. The van der Waals surface area contributed by atoms with Gasteiger partial charge in [-0.05, 0) is 80.7 Å². The number of ether oxygens (including phenoxy) is 2. The summed E-state index contributed by atoms with van der Waals surface area (Å²) in [5.74, 6) is -1.33. The van der Waals surface area contributed by atoms with Crippen molar-refractivity contribution >= 4 is 34.7 Å². The lowest BCUT2D eigenvalue weighted by molar-refractivity contribution is -0.142. The monoisotopic (exact) mass is 750 g/mol. The van der Waals surface area contributed by atoms with Crippen LogP contribution in [0.4, 0.5) is 4.79 Å². The zero-order chi connectivity index (χ0) is 38.4. The van der Waals surface area contributed by atoms with Crippen LogP contribution < -0.4 is 11.1 Å². The van der Waals surface area contributed by atoms with E-state index in [1.807, 2.05) is 72.8 Å². The van der Waals surface area contributed by atoms with Gasteiger partial charge in [0.15, 0.2) is 11.4 Å². The number of unbranched alkanes of at least 4 members (excludes halogenated alkanes) is 1. The number of carbonyl (C=O) groups excluding carboxylic acids is 4. The highest BCUT2D eigenvalue weighted by atomic mass is 16.5. The van der Waals surface area contributed by atoms with Gasteiger partial charge in [0, 0.05) is 25.5 Å². The van der Waals surface area contributed by atoms with Crippen LogP contribution in [0, 0.1) is 11.8 Å². The van der Waals surface area contributed by atoms with E-state index < -0.39 is 30.2 Å². The van der Waals surface area contributed by atoms with Crippen molar-refractivity contribution in [1.82, 2.24) is 15.2 Å². The molecule has 1 aliphatic heterocycles. The van der Waals surface area contributed by atoms with E-state index in [9.17, 15) is 19.2 Å². The molecule has 4 atom stereocenters. The summed E-state index contributed by atoms with van der Waals surface area (Å²) < 4.78 is 17.9. The molecule has 1 saturated carbocycles. The largest absolute Gasteiger partial charge is 0.445 e. The molecule has 3 N–H and O–H groups in total. The van der Waals surface area contributed by atoms with Gasteiger partial charge < -0.3 is 29.8 Å². The predicted molar refractivity (Wildman–Crippen MR) is 209 cm³/mol. The number of alkyl carbamates (subject to hydrolysis) is 1. The van der Waals surface area contributed by atoms with Crippen LogP contribution in [0.3, 0.4) is 0 Å². The fourth-order valence-corrected chi connectivity index (χ4v) is 7.88.